The van der Waals surface area contributed by atoms with Crippen LogP contribution in [0.2, 0.25) is 0 Å². The van der Waals surface area contributed by atoms with Gasteiger partial charge in [0.2, 0.25) is 5.91 Å². The quantitative estimate of drug-likeness (QED) is 0.898. The Hall–Kier alpha value is -1.35. The summed E-state index contributed by atoms with van der Waals surface area (Å²) in [6.45, 7) is 2.73. The van der Waals surface area contributed by atoms with Gasteiger partial charge in [0.15, 0.2) is 0 Å². The Morgan fingerprint density at radius 1 is 1.26 bits per heavy atom. The number of likely N-dealkylation sites (tertiary alicyclic amines) is 1. The van der Waals surface area contributed by atoms with Crippen molar-refractivity contribution in [2.24, 2.45) is 0 Å². The molecule has 1 saturated heterocycles. The third kappa shape index (κ3) is 2.81. The van der Waals surface area contributed by atoms with Crippen LogP contribution in [0.4, 0.5) is 0 Å². The van der Waals surface area contributed by atoms with E-state index in [9.17, 15) is 4.79 Å². The van der Waals surface area contributed by atoms with Gasteiger partial charge in [-0.05, 0) is 36.8 Å². The SMILES string of the molecule is O=C(CCNC1CCc2ccccc21)N1CCCC1. The van der Waals surface area contributed by atoms with Gasteiger partial charge in [0.25, 0.3) is 0 Å². The van der Waals surface area contributed by atoms with Crippen LogP contribution in [0.5, 0.6) is 0 Å². The van der Waals surface area contributed by atoms with Gasteiger partial charge in [0.05, 0.1) is 0 Å². The van der Waals surface area contributed by atoms with Gasteiger partial charge in [-0.1, -0.05) is 24.3 Å². The number of aryl methyl sites for hydroxylation is 1. The number of rotatable bonds is 4. The van der Waals surface area contributed by atoms with Crippen molar-refractivity contribution in [3.8, 4) is 0 Å². The molecule has 102 valence electrons. The molecular formula is C16H22N2O. The molecule has 19 heavy (non-hydrogen) atoms. The van der Waals surface area contributed by atoms with E-state index in [0.717, 1.165) is 32.5 Å². The fourth-order valence-electron chi connectivity index (χ4n) is 3.25. The molecule has 2 aliphatic rings. The minimum atomic E-state index is 0.316. The molecule has 1 aliphatic carbocycles. The molecule has 0 saturated carbocycles. The van der Waals surface area contributed by atoms with Crippen molar-refractivity contribution in [2.45, 2.75) is 38.1 Å². The first-order valence-electron chi connectivity index (χ1n) is 7.43. The van der Waals surface area contributed by atoms with E-state index < -0.39 is 0 Å². The summed E-state index contributed by atoms with van der Waals surface area (Å²) in [4.78, 5) is 14.0. The average Bonchev–Trinajstić information content (AvgIpc) is 3.08. The molecule has 1 aromatic rings. The summed E-state index contributed by atoms with van der Waals surface area (Å²) in [6, 6.07) is 9.09. The number of benzene rings is 1. The van der Waals surface area contributed by atoms with Gasteiger partial charge in [0, 0.05) is 32.1 Å². The van der Waals surface area contributed by atoms with E-state index in [-0.39, 0.29) is 0 Å². The first-order chi connectivity index (χ1) is 9.34. The Bertz CT molecular complexity index is 452. The fourth-order valence-corrected chi connectivity index (χ4v) is 3.25. The highest BCUT2D eigenvalue weighted by molar-refractivity contribution is 5.76. The van der Waals surface area contributed by atoms with Crippen LogP contribution in [-0.2, 0) is 11.2 Å². The van der Waals surface area contributed by atoms with E-state index >= 15 is 0 Å². The Kier molecular flexibility index (Phi) is 3.83. The Morgan fingerprint density at radius 2 is 2.05 bits per heavy atom. The lowest BCUT2D eigenvalue weighted by molar-refractivity contribution is -0.130. The molecule has 1 amide bonds. The molecule has 0 bridgehead atoms. The first-order valence-corrected chi connectivity index (χ1v) is 7.43. The van der Waals surface area contributed by atoms with Crippen LogP contribution < -0.4 is 5.32 Å². The zero-order valence-electron chi connectivity index (χ0n) is 11.4. The van der Waals surface area contributed by atoms with E-state index in [1.54, 1.807) is 0 Å². The minimum absolute atomic E-state index is 0.316. The topological polar surface area (TPSA) is 32.3 Å². The van der Waals surface area contributed by atoms with Crippen molar-refractivity contribution in [3.63, 3.8) is 0 Å². The maximum Gasteiger partial charge on any atom is 0.223 e. The summed E-state index contributed by atoms with van der Waals surface area (Å²) in [5.74, 6) is 0.316. The van der Waals surface area contributed by atoms with Gasteiger partial charge in [-0.2, -0.15) is 0 Å². The van der Waals surface area contributed by atoms with E-state index in [4.69, 9.17) is 0 Å². The molecule has 1 heterocycles. The second kappa shape index (κ2) is 5.74. The van der Waals surface area contributed by atoms with Gasteiger partial charge in [-0.3, -0.25) is 4.79 Å². The molecule has 0 radical (unpaired) electrons. The third-order valence-electron chi connectivity index (χ3n) is 4.32. The second-order valence-electron chi connectivity index (χ2n) is 5.58. The highest BCUT2D eigenvalue weighted by Gasteiger charge is 2.22. The summed E-state index contributed by atoms with van der Waals surface area (Å²) in [6.07, 6.45) is 5.31. The molecule has 0 aromatic heterocycles. The molecule has 0 spiro atoms. The van der Waals surface area contributed by atoms with E-state index in [1.807, 2.05) is 4.90 Å². The number of carbonyl (C=O) groups is 1. The van der Waals surface area contributed by atoms with Crippen LogP contribution in [-0.4, -0.2) is 30.4 Å². The first kappa shape index (κ1) is 12.7. The summed E-state index contributed by atoms with van der Waals surface area (Å²) < 4.78 is 0. The summed E-state index contributed by atoms with van der Waals surface area (Å²) >= 11 is 0. The summed E-state index contributed by atoms with van der Waals surface area (Å²) in [5, 5.41) is 3.54. The Morgan fingerprint density at radius 3 is 2.89 bits per heavy atom. The minimum Gasteiger partial charge on any atom is -0.343 e. The highest BCUT2D eigenvalue weighted by Crippen LogP contribution is 2.30. The number of carbonyl (C=O) groups excluding carboxylic acids is 1. The van der Waals surface area contributed by atoms with Gasteiger partial charge in [-0.25, -0.2) is 0 Å². The average molecular weight is 258 g/mol. The molecular weight excluding hydrogens is 236 g/mol. The number of fused-ring (bicyclic) bond motifs is 1. The number of amides is 1. The van der Waals surface area contributed by atoms with Gasteiger partial charge in [-0.15, -0.1) is 0 Å². The standard InChI is InChI=1S/C16H22N2O/c19-16(18-11-3-4-12-18)9-10-17-15-8-7-13-5-1-2-6-14(13)15/h1-2,5-6,15,17H,3-4,7-12H2. The van der Waals surface area contributed by atoms with Gasteiger partial charge in [0.1, 0.15) is 0 Å². The smallest absolute Gasteiger partial charge is 0.223 e. The normalized spacial score (nSPS) is 21.7. The van der Waals surface area contributed by atoms with Gasteiger partial charge < -0.3 is 10.2 Å². The summed E-state index contributed by atoms with van der Waals surface area (Å²) in [5.41, 5.74) is 2.89. The highest BCUT2D eigenvalue weighted by atomic mass is 16.2. The third-order valence-corrected chi connectivity index (χ3v) is 4.32. The lowest BCUT2D eigenvalue weighted by atomic mass is 10.1. The zero-order chi connectivity index (χ0) is 13.1. The molecule has 3 nitrogen and oxygen atoms in total. The van der Waals surface area contributed by atoms with Crippen LogP contribution in [0.25, 0.3) is 0 Å². The van der Waals surface area contributed by atoms with Crippen molar-refractivity contribution < 1.29 is 4.79 Å². The molecule has 3 rings (SSSR count). The maximum atomic E-state index is 12.0. The van der Waals surface area contributed by atoms with Crippen LogP contribution >= 0.6 is 0 Å². The fraction of sp³-hybridized carbons (Fsp3) is 0.562. The molecule has 1 atom stereocenters. The lowest BCUT2D eigenvalue weighted by Crippen LogP contribution is -2.31. The van der Waals surface area contributed by atoms with E-state index in [0.29, 0.717) is 18.4 Å². The predicted molar refractivity (Wildman–Crippen MR) is 75.9 cm³/mol. The summed E-state index contributed by atoms with van der Waals surface area (Å²) in [7, 11) is 0. The molecule has 1 unspecified atom stereocenters. The molecule has 1 N–H and O–H groups in total. The largest absolute Gasteiger partial charge is 0.343 e. The predicted octanol–water partition coefficient (Wildman–Crippen LogP) is 2.28. The monoisotopic (exact) mass is 258 g/mol. The lowest BCUT2D eigenvalue weighted by Gasteiger charge is -2.17. The molecule has 1 aliphatic heterocycles. The van der Waals surface area contributed by atoms with Crippen LogP contribution in [0.1, 0.15) is 42.9 Å². The second-order valence-corrected chi connectivity index (χ2v) is 5.58. The van der Waals surface area contributed by atoms with E-state index in [1.165, 1.54) is 24.0 Å². The zero-order valence-corrected chi connectivity index (χ0v) is 11.4. The molecule has 1 fully saturated rings. The maximum absolute atomic E-state index is 12.0. The van der Waals surface area contributed by atoms with Crippen LogP contribution in [0, 0.1) is 0 Å². The van der Waals surface area contributed by atoms with Crippen molar-refractivity contribution in [3.05, 3.63) is 35.4 Å². The number of hydrogen-bond donors (Lipinski definition) is 1. The van der Waals surface area contributed by atoms with Crippen molar-refractivity contribution in [1.29, 1.82) is 0 Å². The Balaban J connectivity index is 1.47. The van der Waals surface area contributed by atoms with Crippen LogP contribution in [0.3, 0.4) is 0 Å². The number of nitrogens with zero attached hydrogens (tertiary/aromatic N) is 1. The van der Waals surface area contributed by atoms with E-state index in [2.05, 4.69) is 29.6 Å². The van der Waals surface area contributed by atoms with Crippen molar-refractivity contribution in [2.75, 3.05) is 19.6 Å². The van der Waals surface area contributed by atoms with Crippen molar-refractivity contribution >= 4 is 5.91 Å². The van der Waals surface area contributed by atoms with Crippen LogP contribution in [0.15, 0.2) is 24.3 Å². The molecule has 1 aromatic carbocycles. The van der Waals surface area contributed by atoms with Crippen molar-refractivity contribution in [1.82, 2.24) is 10.2 Å². The molecule has 3 heteroatoms. The number of hydrogen-bond acceptors (Lipinski definition) is 2. The van der Waals surface area contributed by atoms with Gasteiger partial charge >= 0.3 is 0 Å². The number of nitrogens with one attached hydrogen (secondary N) is 1. The Labute approximate surface area is 115 Å².